The number of carbonyl (C=O) groups excluding carboxylic acids is 3. The van der Waals surface area contributed by atoms with E-state index in [9.17, 15) is 14.4 Å². The quantitative estimate of drug-likeness (QED) is 0.215. The third-order valence-electron chi connectivity index (χ3n) is 6.61. The van der Waals surface area contributed by atoms with Crippen molar-refractivity contribution >= 4 is 61.9 Å². The first-order valence-electron chi connectivity index (χ1n) is 12.8. The second-order valence-corrected chi connectivity index (χ2v) is 9.20. The number of ether oxygens (including phenoxy) is 1. The van der Waals surface area contributed by atoms with Gasteiger partial charge in [-0.05, 0) is 60.2 Å². The lowest BCUT2D eigenvalue weighted by Gasteiger charge is -2.08. The minimum atomic E-state index is -0.546. The van der Waals surface area contributed by atoms with E-state index in [-0.39, 0.29) is 30.4 Å². The maximum absolute atomic E-state index is 13.3. The van der Waals surface area contributed by atoms with E-state index in [4.69, 9.17) is 13.6 Å². The van der Waals surface area contributed by atoms with Crippen LogP contribution in [-0.2, 0) is 16.0 Å². The number of anilines is 2. The maximum atomic E-state index is 13.3. The van der Waals surface area contributed by atoms with E-state index in [1.165, 1.54) is 0 Å². The molecule has 2 heterocycles. The van der Waals surface area contributed by atoms with Crippen molar-refractivity contribution in [2.75, 3.05) is 17.2 Å². The van der Waals surface area contributed by atoms with Crippen LogP contribution in [0.15, 0.2) is 100 Å². The van der Waals surface area contributed by atoms with Crippen molar-refractivity contribution in [3.8, 4) is 0 Å². The normalized spacial score (nSPS) is 11.1. The molecule has 0 saturated heterocycles. The van der Waals surface area contributed by atoms with Gasteiger partial charge < -0.3 is 24.2 Å². The minimum absolute atomic E-state index is 0.0356. The molecule has 2 aromatic heterocycles. The molecule has 0 aliphatic carbocycles. The van der Waals surface area contributed by atoms with E-state index in [0.29, 0.717) is 27.8 Å². The van der Waals surface area contributed by atoms with Crippen LogP contribution in [0, 0.1) is 0 Å². The van der Waals surface area contributed by atoms with Gasteiger partial charge in [-0.15, -0.1) is 0 Å². The molecule has 0 bridgehead atoms. The van der Waals surface area contributed by atoms with Gasteiger partial charge in [0, 0.05) is 22.0 Å². The number of fused-ring (bicyclic) bond motifs is 4. The maximum Gasteiger partial charge on any atom is 0.338 e. The molecule has 0 aliphatic rings. The Balaban J connectivity index is 1.27. The van der Waals surface area contributed by atoms with Crippen LogP contribution >= 0.6 is 0 Å². The molecule has 8 nitrogen and oxygen atoms in total. The van der Waals surface area contributed by atoms with Crippen molar-refractivity contribution in [1.82, 2.24) is 0 Å². The molecule has 6 aromatic rings. The van der Waals surface area contributed by atoms with Gasteiger partial charge in [-0.1, -0.05) is 42.5 Å². The number of amides is 2. The van der Waals surface area contributed by atoms with Crippen molar-refractivity contribution in [2.45, 2.75) is 13.3 Å². The van der Waals surface area contributed by atoms with Gasteiger partial charge in [-0.2, -0.15) is 0 Å². The average Bonchev–Trinajstić information content (AvgIpc) is 3.55. The number of carbonyl (C=O) groups is 3. The molecule has 4 aromatic carbocycles. The molecule has 40 heavy (non-hydrogen) atoms. The molecule has 0 fully saturated rings. The number of esters is 1. The van der Waals surface area contributed by atoms with Gasteiger partial charge in [0.15, 0.2) is 0 Å². The number of para-hydroxylation sites is 1. The third-order valence-corrected chi connectivity index (χ3v) is 6.61. The molecule has 0 atom stereocenters. The topological polar surface area (TPSA) is 111 Å². The highest BCUT2D eigenvalue weighted by Crippen LogP contribution is 2.33. The SMILES string of the molecule is CCOC(=O)c1ccc(NC(=O)c2oc3ccccc3c2NC(=O)Cc2coc3ccc4ccccc4c23)cc1. The van der Waals surface area contributed by atoms with Crippen molar-refractivity contribution in [2.24, 2.45) is 0 Å². The van der Waals surface area contributed by atoms with Crippen molar-refractivity contribution in [3.05, 3.63) is 108 Å². The molecule has 198 valence electrons. The molecule has 0 saturated carbocycles. The number of hydrogen-bond acceptors (Lipinski definition) is 6. The van der Waals surface area contributed by atoms with E-state index in [1.54, 1.807) is 61.7 Å². The fraction of sp³-hybridized carbons (Fsp3) is 0.0938. The average molecular weight is 533 g/mol. The Morgan fingerprint density at radius 2 is 1.55 bits per heavy atom. The van der Waals surface area contributed by atoms with Gasteiger partial charge >= 0.3 is 5.97 Å². The second-order valence-electron chi connectivity index (χ2n) is 9.20. The Labute approximate surface area is 228 Å². The van der Waals surface area contributed by atoms with Crippen LogP contribution in [0.1, 0.15) is 33.4 Å². The number of rotatable bonds is 7. The largest absolute Gasteiger partial charge is 0.464 e. The van der Waals surface area contributed by atoms with Crippen molar-refractivity contribution in [1.29, 1.82) is 0 Å². The summed E-state index contributed by atoms with van der Waals surface area (Å²) >= 11 is 0. The standard InChI is InChI=1S/C32H24N2O6/c1-2-38-32(37)20-11-14-22(15-12-20)33-31(36)30-29(24-9-5-6-10-25(24)40-30)34-27(35)17-21-18-39-26-16-13-19-7-3-4-8-23(19)28(21)26/h3-16,18H,2,17H2,1H3,(H,33,36)(H,34,35). The summed E-state index contributed by atoms with van der Waals surface area (Å²) in [5.41, 5.74) is 3.00. The lowest BCUT2D eigenvalue weighted by Crippen LogP contribution is -2.18. The minimum Gasteiger partial charge on any atom is -0.464 e. The van der Waals surface area contributed by atoms with Crippen molar-refractivity contribution in [3.63, 3.8) is 0 Å². The second kappa shape index (κ2) is 10.4. The first-order valence-corrected chi connectivity index (χ1v) is 12.8. The van der Waals surface area contributed by atoms with Gasteiger partial charge in [0.1, 0.15) is 16.9 Å². The molecule has 2 amide bonds. The zero-order valence-electron chi connectivity index (χ0n) is 21.5. The Kier molecular flexibility index (Phi) is 6.49. The van der Waals surface area contributed by atoms with Crippen LogP contribution in [0.2, 0.25) is 0 Å². The molecule has 0 aliphatic heterocycles. The fourth-order valence-corrected chi connectivity index (χ4v) is 4.78. The predicted octanol–water partition coefficient (Wildman–Crippen LogP) is 6.94. The predicted molar refractivity (Wildman–Crippen MR) is 153 cm³/mol. The van der Waals surface area contributed by atoms with Crippen LogP contribution in [0.4, 0.5) is 11.4 Å². The molecular formula is C32H24N2O6. The summed E-state index contributed by atoms with van der Waals surface area (Å²) in [7, 11) is 0. The zero-order valence-corrected chi connectivity index (χ0v) is 21.5. The lowest BCUT2D eigenvalue weighted by atomic mass is 10.0. The monoisotopic (exact) mass is 532 g/mol. The summed E-state index contributed by atoms with van der Waals surface area (Å²) in [6.07, 6.45) is 1.63. The van der Waals surface area contributed by atoms with Crippen molar-refractivity contribution < 1.29 is 28.0 Å². The van der Waals surface area contributed by atoms with Gasteiger partial charge in [0.25, 0.3) is 5.91 Å². The molecule has 0 spiro atoms. The van der Waals surface area contributed by atoms with E-state index < -0.39 is 11.9 Å². The number of furan rings is 2. The fourth-order valence-electron chi connectivity index (χ4n) is 4.78. The molecule has 0 radical (unpaired) electrons. The molecule has 2 N–H and O–H groups in total. The van der Waals surface area contributed by atoms with Crippen LogP contribution in [0.5, 0.6) is 0 Å². The van der Waals surface area contributed by atoms with E-state index in [2.05, 4.69) is 10.6 Å². The van der Waals surface area contributed by atoms with Crippen LogP contribution in [0.3, 0.4) is 0 Å². The summed E-state index contributed by atoms with van der Waals surface area (Å²) in [5, 5.41) is 9.19. The third kappa shape index (κ3) is 4.67. The summed E-state index contributed by atoms with van der Waals surface area (Å²) in [4.78, 5) is 38.5. The van der Waals surface area contributed by atoms with Gasteiger partial charge in [-0.25, -0.2) is 4.79 Å². The molecule has 6 rings (SSSR count). The summed E-state index contributed by atoms with van der Waals surface area (Å²) in [6, 6.07) is 25.2. The first-order chi connectivity index (χ1) is 19.5. The Morgan fingerprint density at radius 1 is 0.800 bits per heavy atom. The van der Waals surface area contributed by atoms with Gasteiger partial charge in [-0.3, -0.25) is 9.59 Å². The number of nitrogens with one attached hydrogen (secondary N) is 2. The summed E-state index contributed by atoms with van der Waals surface area (Å²) in [6.45, 7) is 2.00. The first kappa shape index (κ1) is 24.9. The highest BCUT2D eigenvalue weighted by molar-refractivity contribution is 6.15. The van der Waals surface area contributed by atoms with Gasteiger partial charge in [0.2, 0.25) is 11.7 Å². The molecular weight excluding hydrogens is 508 g/mol. The highest BCUT2D eigenvalue weighted by Gasteiger charge is 2.23. The zero-order chi connectivity index (χ0) is 27.6. The Morgan fingerprint density at radius 3 is 2.35 bits per heavy atom. The number of hydrogen-bond donors (Lipinski definition) is 2. The van der Waals surface area contributed by atoms with Crippen LogP contribution in [-0.4, -0.2) is 24.4 Å². The smallest absolute Gasteiger partial charge is 0.338 e. The Hall–Kier alpha value is -5.37. The molecule has 0 unspecified atom stereocenters. The van der Waals surface area contributed by atoms with Gasteiger partial charge in [0.05, 0.1) is 24.9 Å². The van der Waals surface area contributed by atoms with E-state index in [0.717, 1.165) is 21.7 Å². The lowest BCUT2D eigenvalue weighted by molar-refractivity contribution is -0.115. The van der Waals surface area contributed by atoms with Crippen LogP contribution in [0.25, 0.3) is 32.7 Å². The van der Waals surface area contributed by atoms with E-state index in [1.807, 2.05) is 36.4 Å². The van der Waals surface area contributed by atoms with Crippen LogP contribution < -0.4 is 10.6 Å². The summed E-state index contributed by atoms with van der Waals surface area (Å²) < 4.78 is 16.6. The highest BCUT2D eigenvalue weighted by atomic mass is 16.5. The number of benzene rings is 4. The van der Waals surface area contributed by atoms with E-state index >= 15 is 0 Å². The Bertz CT molecular complexity index is 1900. The summed E-state index contributed by atoms with van der Waals surface area (Å²) in [5.74, 6) is -1.35. The molecule has 8 heteroatoms.